The summed E-state index contributed by atoms with van der Waals surface area (Å²) >= 11 is 0. The highest BCUT2D eigenvalue weighted by molar-refractivity contribution is 6.04. The first-order valence-electron chi connectivity index (χ1n) is 5.53. The summed E-state index contributed by atoms with van der Waals surface area (Å²) in [6, 6.07) is 7.13. The summed E-state index contributed by atoms with van der Waals surface area (Å²) < 4.78 is 26.4. The fourth-order valence-electron chi connectivity index (χ4n) is 1.65. The lowest BCUT2D eigenvalue weighted by atomic mass is 10.1. The van der Waals surface area contributed by atoms with E-state index in [4.69, 9.17) is 5.11 Å². The third kappa shape index (κ3) is 2.88. The van der Waals surface area contributed by atoms with Crippen LogP contribution in [0.2, 0.25) is 0 Å². The lowest BCUT2D eigenvalue weighted by molar-refractivity contribution is 0.102. The first-order valence-corrected chi connectivity index (χ1v) is 5.53. The molecule has 0 aliphatic rings. The monoisotopic (exact) mass is 263 g/mol. The van der Waals surface area contributed by atoms with E-state index in [9.17, 15) is 13.6 Å². The number of hydrogen-bond acceptors (Lipinski definition) is 2. The van der Waals surface area contributed by atoms with Crippen molar-refractivity contribution in [2.75, 3.05) is 5.32 Å². The van der Waals surface area contributed by atoms with Crippen LogP contribution in [0.15, 0.2) is 36.4 Å². The molecular formula is C14H11F2NO2. The molecule has 0 heterocycles. The van der Waals surface area contributed by atoms with E-state index in [2.05, 4.69) is 5.32 Å². The number of hydrogen-bond donors (Lipinski definition) is 2. The Bertz CT molecular complexity index is 641. The molecule has 0 saturated heterocycles. The van der Waals surface area contributed by atoms with Crippen molar-refractivity contribution in [2.45, 2.75) is 6.92 Å². The lowest BCUT2D eigenvalue weighted by Gasteiger charge is -2.09. The zero-order chi connectivity index (χ0) is 14.0. The van der Waals surface area contributed by atoms with E-state index >= 15 is 0 Å². The number of benzene rings is 2. The molecule has 0 aromatic heterocycles. The van der Waals surface area contributed by atoms with E-state index in [-0.39, 0.29) is 11.3 Å². The van der Waals surface area contributed by atoms with Crippen LogP contribution in [0.4, 0.5) is 14.5 Å². The van der Waals surface area contributed by atoms with Crippen molar-refractivity contribution in [3.05, 3.63) is 59.2 Å². The number of anilines is 1. The normalized spacial score (nSPS) is 10.3. The first-order chi connectivity index (χ1) is 8.97. The maximum atomic E-state index is 13.5. The smallest absolute Gasteiger partial charge is 0.258 e. The lowest BCUT2D eigenvalue weighted by Crippen LogP contribution is -2.14. The maximum absolute atomic E-state index is 13.5. The van der Waals surface area contributed by atoms with Gasteiger partial charge in [-0.25, -0.2) is 8.78 Å². The third-order valence-electron chi connectivity index (χ3n) is 2.63. The van der Waals surface area contributed by atoms with Crippen molar-refractivity contribution < 1.29 is 18.7 Å². The molecule has 0 unspecified atom stereocenters. The number of aryl methyl sites for hydroxylation is 1. The number of halogens is 2. The molecule has 0 aliphatic heterocycles. The van der Waals surface area contributed by atoms with Gasteiger partial charge >= 0.3 is 0 Å². The van der Waals surface area contributed by atoms with Gasteiger partial charge in [0.05, 0.1) is 5.56 Å². The van der Waals surface area contributed by atoms with Gasteiger partial charge in [0.1, 0.15) is 17.4 Å². The largest absolute Gasteiger partial charge is 0.508 e. The van der Waals surface area contributed by atoms with Gasteiger partial charge in [0.25, 0.3) is 5.91 Å². The van der Waals surface area contributed by atoms with E-state index in [1.54, 1.807) is 6.92 Å². The quantitative estimate of drug-likeness (QED) is 0.873. The predicted molar refractivity (Wildman–Crippen MR) is 67.2 cm³/mol. The molecule has 3 nitrogen and oxygen atoms in total. The van der Waals surface area contributed by atoms with Gasteiger partial charge in [-0.2, -0.15) is 0 Å². The third-order valence-corrected chi connectivity index (χ3v) is 2.63. The van der Waals surface area contributed by atoms with Crippen LogP contribution < -0.4 is 5.32 Å². The molecule has 0 fully saturated rings. The van der Waals surface area contributed by atoms with Crippen molar-refractivity contribution in [3.63, 3.8) is 0 Å². The summed E-state index contributed by atoms with van der Waals surface area (Å²) in [7, 11) is 0. The first kappa shape index (κ1) is 13.0. The Morgan fingerprint density at radius 1 is 1.16 bits per heavy atom. The molecule has 2 rings (SSSR count). The average molecular weight is 263 g/mol. The Labute approximate surface area is 108 Å². The molecule has 0 atom stereocenters. The highest BCUT2D eigenvalue weighted by Gasteiger charge is 2.13. The minimum Gasteiger partial charge on any atom is -0.508 e. The highest BCUT2D eigenvalue weighted by Crippen LogP contribution is 2.19. The van der Waals surface area contributed by atoms with Crippen molar-refractivity contribution >= 4 is 11.6 Å². The molecule has 0 aliphatic carbocycles. The fraction of sp³-hybridized carbons (Fsp3) is 0.0714. The summed E-state index contributed by atoms with van der Waals surface area (Å²) in [4.78, 5) is 11.9. The summed E-state index contributed by atoms with van der Waals surface area (Å²) in [6.07, 6.45) is 0. The molecule has 0 bridgehead atoms. The molecule has 19 heavy (non-hydrogen) atoms. The molecule has 5 heteroatoms. The zero-order valence-corrected chi connectivity index (χ0v) is 10.1. The van der Waals surface area contributed by atoms with Crippen LogP contribution in [0.25, 0.3) is 0 Å². The highest BCUT2D eigenvalue weighted by atomic mass is 19.1. The van der Waals surface area contributed by atoms with Crippen LogP contribution in [0.1, 0.15) is 15.9 Å². The number of nitrogens with one attached hydrogen (secondary N) is 1. The van der Waals surface area contributed by atoms with Crippen molar-refractivity contribution in [2.24, 2.45) is 0 Å². The van der Waals surface area contributed by atoms with Gasteiger partial charge < -0.3 is 10.4 Å². The molecular weight excluding hydrogens is 252 g/mol. The molecule has 0 saturated carbocycles. The van der Waals surface area contributed by atoms with Crippen LogP contribution in [0, 0.1) is 18.6 Å². The second-order valence-electron chi connectivity index (χ2n) is 4.08. The van der Waals surface area contributed by atoms with Gasteiger partial charge in [-0.15, -0.1) is 0 Å². The van der Waals surface area contributed by atoms with Crippen LogP contribution in [0.3, 0.4) is 0 Å². The molecule has 98 valence electrons. The molecule has 1 amide bonds. The second-order valence-corrected chi connectivity index (χ2v) is 4.08. The molecule has 2 aromatic carbocycles. The maximum Gasteiger partial charge on any atom is 0.258 e. The van der Waals surface area contributed by atoms with Gasteiger partial charge in [0.2, 0.25) is 0 Å². The predicted octanol–water partition coefficient (Wildman–Crippen LogP) is 3.23. The van der Waals surface area contributed by atoms with Crippen molar-refractivity contribution in [1.29, 1.82) is 0 Å². The topological polar surface area (TPSA) is 49.3 Å². The molecule has 0 radical (unpaired) electrons. The zero-order valence-electron chi connectivity index (χ0n) is 10.1. The van der Waals surface area contributed by atoms with Gasteiger partial charge in [-0.3, -0.25) is 4.79 Å². The van der Waals surface area contributed by atoms with Crippen LogP contribution in [-0.4, -0.2) is 11.0 Å². The van der Waals surface area contributed by atoms with E-state index in [1.807, 2.05) is 0 Å². The Morgan fingerprint density at radius 2 is 1.89 bits per heavy atom. The number of phenols is 1. The fourth-order valence-corrected chi connectivity index (χ4v) is 1.65. The van der Waals surface area contributed by atoms with E-state index < -0.39 is 17.5 Å². The van der Waals surface area contributed by atoms with Gasteiger partial charge in [-0.05, 0) is 42.8 Å². The number of carbonyl (C=O) groups excluding carboxylic acids is 1. The minimum absolute atomic E-state index is 0.193. The number of carbonyl (C=O) groups is 1. The van der Waals surface area contributed by atoms with E-state index in [1.165, 1.54) is 30.3 Å². The number of rotatable bonds is 2. The van der Waals surface area contributed by atoms with E-state index in [0.29, 0.717) is 11.3 Å². The van der Waals surface area contributed by atoms with Crippen molar-refractivity contribution in [1.82, 2.24) is 0 Å². The Morgan fingerprint density at radius 3 is 2.53 bits per heavy atom. The molecule has 0 spiro atoms. The van der Waals surface area contributed by atoms with Crippen molar-refractivity contribution in [3.8, 4) is 5.75 Å². The summed E-state index contributed by atoms with van der Waals surface area (Å²) in [5.41, 5.74) is 0.743. The number of amides is 1. The standard InChI is InChI=1S/C14H11F2NO2/c1-8-6-9(15)2-5-13(8)17-14(19)11-4-3-10(18)7-12(11)16/h2-7,18H,1H3,(H,17,19). The number of aromatic hydroxyl groups is 1. The molecule has 2 N–H and O–H groups in total. The second kappa shape index (κ2) is 5.06. The summed E-state index contributed by atoms with van der Waals surface area (Å²) in [5.74, 6) is -2.15. The van der Waals surface area contributed by atoms with E-state index in [0.717, 1.165) is 6.07 Å². The Balaban J connectivity index is 2.25. The minimum atomic E-state index is -0.822. The number of phenolic OH excluding ortho intramolecular Hbond substituents is 1. The summed E-state index contributed by atoms with van der Waals surface area (Å²) in [5, 5.41) is 11.6. The van der Waals surface area contributed by atoms with Crippen LogP contribution in [0.5, 0.6) is 5.75 Å². The average Bonchev–Trinajstić information content (AvgIpc) is 2.32. The summed E-state index contributed by atoms with van der Waals surface area (Å²) in [6.45, 7) is 1.63. The Hall–Kier alpha value is -2.43. The SMILES string of the molecule is Cc1cc(F)ccc1NC(=O)c1ccc(O)cc1F. The van der Waals surface area contributed by atoms with Gasteiger partial charge in [0.15, 0.2) is 0 Å². The van der Waals surface area contributed by atoms with Gasteiger partial charge in [-0.1, -0.05) is 0 Å². The Kier molecular flexibility index (Phi) is 3.46. The molecule has 2 aromatic rings. The van der Waals surface area contributed by atoms with Gasteiger partial charge in [0, 0.05) is 11.8 Å². The van der Waals surface area contributed by atoms with Crippen LogP contribution in [-0.2, 0) is 0 Å². The van der Waals surface area contributed by atoms with Crippen LogP contribution >= 0.6 is 0 Å².